The molecule has 8 heteroatoms. The maximum Gasteiger partial charge on any atom is 0.260 e. The highest BCUT2D eigenvalue weighted by Gasteiger charge is 2.23. The van der Waals surface area contributed by atoms with Crippen LogP contribution in [0.4, 0.5) is 0 Å². The van der Waals surface area contributed by atoms with Crippen molar-refractivity contribution in [2.75, 3.05) is 0 Å². The quantitative estimate of drug-likeness (QED) is 0.385. The number of benzene rings is 1. The lowest BCUT2D eigenvalue weighted by molar-refractivity contribution is 0.0922. The van der Waals surface area contributed by atoms with Crippen LogP contribution in [-0.2, 0) is 6.54 Å². The van der Waals surface area contributed by atoms with Gasteiger partial charge in [0.15, 0.2) is 0 Å². The number of hydrogen-bond acceptors (Lipinski definition) is 5. The van der Waals surface area contributed by atoms with Gasteiger partial charge in [-0.2, -0.15) is 5.10 Å². The van der Waals surface area contributed by atoms with Gasteiger partial charge in [0.25, 0.3) is 11.5 Å². The summed E-state index contributed by atoms with van der Waals surface area (Å²) in [6, 6.07) is 15.8. The fourth-order valence-electron chi connectivity index (χ4n) is 4.54. The fourth-order valence-corrected chi connectivity index (χ4v) is 4.54. The molecule has 3 N–H and O–H groups in total. The van der Waals surface area contributed by atoms with Crippen LogP contribution in [0.2, 0.25) is 0 Å². The summed E-state index contributed by atoms with van der Waals surface area (Å²) in [4.78, 5) is 32.3. The van der Waals surface area contributed by atoms with E-state index in [1.54, 1.807) is 29.3 Å². The Morgan fingerprint density at radius 3 is 2.63 bits per heavy atom. The predicted octanol–water partition coefficient (Wildman–Crippen LogP) is 3.45. The van der Waals surface area contributed by atoms with Gasteiger partial charge in [-0.05, 0) is 72.7 Å². The van der Waals surface area contributed by atoms with Crippen molar-refractivity contribution in [3.05, 3.63) is 101 Å². The van der Waals surface area contributed by atoms with Crippen LogP contribution in [0.15, 0.2) is 84.3 Å². The number of carbonyl (C=O) groups excluding carboxylic acids is 1. The molecule has 1 amide bonds. The molecule has 5 rings (SSSR count). The Morgan fingerprint density at radius 1 is 1.00 bits per heavy atom. The molecular formula is C27H28N6O2. The number of nitrogens with zero attached hydrogens (tertiary/aromatic N) is 3. The van der Waals surface area contributed by atoms with E-state index in [1.807, 2.05) is 48.8 Å². The van der Waals surface area contributed by atoms with Crippen LogP contribution < -0.4 is 16.2 Å². The molecular weight excluding hydrogens is 440 g/mol. The average Bonchev–Trinajstić information content (AvgIpc) is 3.44. The first-order valence-corrected chi connectivity index (χ1v) is 11.9. The van der Waals surface area contributed by atoms with E-state index >= 15 is 0 Å². The zero-order valence-corrected chi connectivity index (χ0v) is 19.4. The Labute approximate surface area is 203 Å². The van der Waals surface area contributed by atoms with E-state index in [1.165, 1.54) is 0 Å². The summed E-state index contributed by atoms with van der Waals surface area (Å²) in [5, 5.41) is 10.9. The second-order valence-electron chi connectivity index (χ2n) is 8.90. The molecule has 1 aromatic carbocycles. The standard InChI is InChI=1S/C27H28N6O2/c34-26-25(15-21(18-30-26)20-5-1-6-24(14-20)33-13-3-12-31-33)27(35)32-23-9-7-22(8-10-23)29-17-19-4-2-11-28-16-19/h1-6,11-16,18,22-23,29H,7-10,17H2,(H,30,34)(H,32,35). The summed E-state index contributed by atoms with van der Waals surface area (Å²) >= 11 is 0. The number of hydrogen-bond donors (Lipinski definition) is 3. The topological polar surface area (TPSA) is 105 Å². The molecule has 3 heterocycles. The number of pyridine rings is 2. The van der Waals surface area contributed by atoms with Gasteiger partial charge in [0, 0.05) is 49.6 Å². The molecule has 1 saturated carbocycles. The number of H-pyrrole nitrogens is 1. The molecule has 0 aliphatic heterocycles. The summed E-state index contributed by atoms with van der Waals surface area (Å²) in [5.41, 5.74) is 3.47. The SMILES string of the molecule is O=C(NC1CCC(NCc2cccnc2)CC1)c1cc(-c2cccc(-n3cccn3)c2)c[nH]c1=O. The first-order chi connectivity index (χ1) is 17.2. The molecule has 4 aromatic rings. The van der Waals surface area contributed by atoms with Gasteiger partial charge < -0.3 is 15.6 Å². The van der Waals surface area contributed by atoms with Crippen LogP contribution in [0.25, 0.3) is 16.8 Å². The summed E-state index contributed by atoms with van der Waals surface area (Å²) < 4.78 is 1.77. The van der Waals surface area contributed by atoms with Crippen molar-refractivity contribution in [1.82, 2.24) is 30.4 Å². The van der Waals surface area contributed by atoms with Gasteiger partial charge in [-0.3, -0.25) is 14.6 Å². The highest BCUT2D eigenvalue weighted by atomic mass is 16.2. The Morgan fingerprint density at radius 2 is 1.86 bits per heavy atom. The smallest absolute Gasteiger partial charge is 0.260 e. The van der Waals surface area contributed by atoms with Crippen LogP contribution in [0, 0.1) is 0 Å². The number of aromatic nitrogens is 4. The van der Waals surface area contributed by atoms with E-state index < -0.39 is 0 Å². The predicted molar refractivity (Wildman–Crippen MR) is 134 cm³/mol. The second-order valence-corrected chi connectivity index (χ2v) is 8.90. The first kappa shape index (κ1) is 22.7. The van der Waals surface area contributed by atoms with Crippen molar-refractivity contribution < 1.29 is 4.79 Å². The van der Waals surface area contributed by atoms with E-state index in [0.29, 0.717) is 6.04 Å². The molecule has 3 aromatic heterocycles. The molecule has 35 heavy (non-hydrogen) atoms. The molecule has 1 fully saturated rings. The minimum absolute atomic E-state index is 0.0603. The molecule has 8 nitrogen and oxygen atoms in total. The Kier molecular flexibility index (Phi) is 6.81. The van der Waals surface area contributed by atoms with E-state index in [-0.39, 0.29) is 23.1 Å². The Hall–Kier alpha value is -4.04. The van der Waals surface area contributed by atoms with Gasteiger partial charge in [-0.15, -0.1) is 0 Å². The molecule has 178 valence electrons. The Bertz CT molecular complexity index is 1330. The van der Waals surface area contributed by atoms with E-state index in [2.05, 4.69) is 31.8 Å². The molecule has 0 radical (unpaired) electrons. The van der Waals surface area contributed by atoms with E-state index in [4.69, 9.17) is 0 Å². The molecule has 0 atom stereocenters. The molecule has 0 unspecified atom stereocenters. The number of rotatable bonds is 7. The van der Waals surface area contributed by atoms with Gasteiger partial charge in [0.05, 0.1) is 5.69 Å². The fraction of sp³-hybridized carbons (Fsp3) is 0.259. The monoisotopic (exact) mass is 468 g/mol. The minimum atomic E-state index is -0.388. The second kappa shape index (κ2) is 10.5. The van der Waals surface area contributed by atoms with Crippen molar-refractivity contribution in [2.45, 2.75) is 44.3 Å². The molecule has 0 spiro atoms. The van der Waals surface area contributed by atoms with Crippen molar-refractivity contribution in [1.29, 1.82) is 0 Å². The van der Waals surface area contributed by atoms with Crippen LogP contribution in [0.3, 0.4) is 0 Å². The third-order valence-corrected chi connectivity index (χ3v) is 6.48. The van der Waals surface area contributed by atoms with Gasteiger partial charge in [-0.1, -0.05) is 18.2 Å². The van der Waals surface area contributed by atoms with Gasteiger partial charge in [-0.25, -0.2) is 4.68 Å². The zero-order valence-electron chi connectivity index (χ0n) is 19.4. The van der Waals surface area contributed by atoms with Gasteiger partial charge >= 0.3 is 0 Å². The summed E-state index contributed by atoms with van der Waals surface area (Å²) in [5.74, 6) is -0.330. The van der Waals surface area contributed by atoms with E-state index in [9.17, 15) is 9.59 Å². The number of amides is 1. The van der Waals surface area contributed by atoms with Crippen LogP contribution in [0.5, 0.6) is 0 Å². The third-order valence-electron chi connectivity index (χ3n) is 6.48. The molecule has 1 aliphatic rings. The number of carbonyl (C=O) groups is 1. The van der Waals surface area contributed by atoms with Crippen molar-refractivity contribution in [3.63, 3.8) is 0 Å². The van der Waals surface area contributed by atoms with Crippen LogP contribution in [-0.4, -0.2) is 37.7 Å². The normalized spacial score (nSPS) is 17.7. The highest BCUT2D eigenvalue weighted by Crippen LogP contribution is 2.22. The largest absolute Gasteiger partial charge is 0.349 e. The van der Waals surface area contributed by atoms with Crippen LogP contribution in [0.1, 0.15) is 41.6 Å². The summed E-state index contributed by atoms with van der Waals surface area (Å²) in [6.07, 6.45) is 12.6. The summed E-state index contributed by atoms with van der Waals surface area (Å²) in [7, 11) is 0. The molecule has 0 bridgehead atoms. The van der Waals surface area contributed by atoms with Gasteiger partial charge in [0.2, 0.25) is 0 Å². The lowest BCUT2D eigenvalue weighted by Crippen LogP contribution is -2.43. The first-order valence-electron chi connectivity index (χ1n) is 11.9. The molecule has 0 saturated heterocycles. The number of aromatic amines is 1. The minimum Gasteiger partial charge on any atom is -0.349 e. The molecule has 1 aliphatic carbocycles. The lowest BCUT2D eigenvalue weighted by atomic mass is 9.91. The van der Waals surface area contributed by atoms with Gasteiger partial charge in [0.1, 0.15) is 5.56 Å². The van der Waals surface area contributed by atoms with Crippen LogP contribution >= 0.6 is 0 Å². The maximum atomic E-state index is 13.0. The van der Waals surface area contributed by atoms with E-state index in [0.717, 1.165) is 54.6 Å². The lowest BCUT2D eigenvalue weighted by Gasteiger charge is -2.29. The van der Waals surface area contributed by atoms with Crippen molar-refractivity contribution in [3.8, 4) is 16.8 Å². The van der Waals surface area contributed by atoms with Crippen molar-refractivity contribution >= 4 is 5.91 Å². The Balaban J connectivity index is 1.21. The number of nitrogens with one attached hydrogen (secondary N) is 3. The zero-order chi connectivity index (χ0) is 24.0. The highest BCUT2D eigenvalue weighted by molar-refractivity contribution is 5.95. The maximum absolute atomic E-state index is 13.0. The third kappa shape index (κ3) is 5.55. The summed E-state index contributed by atoms with van der Waals surface area (Å²) in [6.45, 7) is 0.791. The van der Waals surface area contributed by atoms with Crippen molar-refractivity contribution in [2.24, 2.45) is 0 Å². The average molecular weight is 469 g/mol.